The summed E-state index contributed by atoms with van der Waals surface area (Å²) in [5, 5.41) is 8.24. The highest BCUT2D eigenvalue weighted by Crippen LogP contribution is 2.30. The minimum absolute atomic E-state index is 0.0271. The van der Waals surface area contributed by atoms with Gasteiger partial charge in [0.05, 0.1) is 6.42 Å². The lowest BCUT2D eigenvalue weighted by Crippen LogP contribution is -2.25. The summed E-state index contributed by atoms with van der Waals surface area (Å²) >= 11 is -1.25. The summed E-state index contributed by atoms with van der Waals surface area (Å²) in [7, 11) is 0. The van der Waals surface area contributed by atoms with Gasteiger partial charge in [0, 0.05) is 11.1 Å². The van der Waals surface area contributed by atoms with Gasteiger partial charge in [0.15, 0.2) is 5.25 Å². The van der Waals surface area contributed by atoms with Gasteiger partial charge in [0.25, 0.3) is 0 Å². The van der Waals surface area contributed by atoms with Crippen LogP contribution in [0.1, 0.15) is 22.8 Å². The summed E-state index contributed by atoms with van der Waals surface area (Å²) < 4.78 is 12.6. The van der Waals surface area contributed by atoms with Crippen molar-refractivity contribution in [2.75, 3.05) is 5.75 Å². The van der Waals surface area contributed by atoms with Crippen molar-refractivity contribution >= 4 is 17.1 Å². The lowest BCUT2D eigenvalue weighted by molar-refractivity contribution is -0.128. The number of amides is 1. The van der Waals surface area contributed by atoms with Gasteiger partial charge in [0.1, 0.15) is 5.75 Å². The topological polar surface area (TPSA) is 72.4 Å². The van der Waals surface area contributed by atoms with Crippen LogP contribution in [0.4, 0.5) is 0 Å². The third-order valence-electron chi connectivity index (χ3n) is 3.12. The van der Waals surface area contributed by atoms with Crippen molar-refractivity contribution in [3.05, 3.63) is 71.8 Å². The molecule has 2 aromatic carbocycles. The average Bonchev–Trinajstić information content (AvgIpc) is 2.55. The predicted octanol–water partition coefficient (Wildman–Crippen LogP) is 2.42. The van der Waals surface area contributed by atoms with Crippen LogP contribution >= 0.6 is 0 Å². The summed E-state index contributed by atoms with van der Waals surface area (Å²) in [6, 6.07) is 19.2. The first-order valence-electron chi connectivity index (χ1n) is 6.62. The van der Waals surface area contributed by atoms with Crippen molar-refractivity contribution in [2.45, 2.75) is 11.7 Å². The minimum atomic E-state index is -1.25. The molecule has 2 rings (SSSR count). The van der Waals surface area contributed by atoms with E-state index < -0.39 is 17.1 Å². The molecule has 0 aromatic heterocycles. The summed E-state index contributed by atoms with van der Waals surface area (Å²) in [5.41, 5.74) is 3.47. The summed E-state index contributed by atoms with van der Waals surface area (Å²) in [6.45, 7) is 0. The molecule has 0 heterocycles. The van der Waals surface area contributed by atoms with Crippen LogP contribution in [0.3, 0.4) is 0 Å². The van der Waals surface area contributed by atoms with E-state index in [1.807, 2.05) is 60.7 Å². The Balaban J connectivity index is 2.22. The van der Waals surface area contributed by atoms with E-state index in [9.17, 15) is 9.35 Å². The van der Waals surface area contributed by atoms with E-state index in [1.165, 1.54) is 0 Å². The number of rotatable bonds is 6. The first-order valence-corrected chi connectivity index (χ1v) is 8.00. The fraction of sp³-hybridized carbons (Fsp3) is 0.188. The number of carbonyl (C=O) groups excluding carboxylic acids is 1. The molecule has 0 aliphatic heterocycles. The van der Waals surface area contributed by atoms with E-state index in [0.29, 0.717) is 0 Å². The Morgan fingerprint density at radius 1 is 1.05 bits per heavy atom. The molecule has 0 radical (unpaired) electrons. The van der Waals surface area contributed by atoms with Crippen molar-refractivity contribution in [3.63, 3.8) is 0 Å². The van der Waals surface area contributed by atoms with Crippen LogP contribution in [0.2, 0.25) is 0 Å². The van der Waals surface area contributed by atoms with Crippen molar-refractivity contribution in [3.8, 4) is 0 Å². The van der Waals surface area contributed by atoms with Gasteiger partial charge in [-0.3, -0.25) is 10.0 Å². The molecule has 0 saturated carbocycles. The van der Waals surface area contributed by atoms with E-state index in [4.69, 9.17) is 5.21 Å². The van der Waals surface area contributed by atoms with Crippen molar-refractivity contribution in [1.29, 1.82) is 0 Å². The van der Waals surface area contributed by atoms with Gasteiger partial charge in [0.2, 0.25) is 5.91 Å². The van der Waals surface area contributed by atoms with Crippen LogP contribution in [-0.4, -0.2) is 21.4 Å². The van der Waals surface area contributed by atoms with Gasteiger partial charge < -0.3 is 4.55 Å². The van der Waals surface area contributed by atoms with Crippen LogP contribution in [0.5, 0.6) is 0 Å². The Kier molecular flexibility index (Phi) is 5.80. The highest BCUT2D eigenvalue weighted by molar-refractivity contribution is 7.91. The zero-order valence-corrected chi connectivity index (χ0v) is 12.3. The van der Waals surface area contributed by atoms with E-state index in [2.05, 4.69) is 0 Å². The van der Waals surface area contributed by atoms with Crippen molar-refractivity contribution in [2.24, 2.45) is 0 Å². The molecular weight excluding hydrogens is 286 g/mol. The van der Waals surface area contributed by atoms with Gasteiger partial charge in [-0.1, -0.05) is 60.7 Å². The second-order valence-corrected chi connectivity index (χ2v) is 6.21. The van der Waals surface area contributed by atoms with Crippen LogP contribution in [0.15, 0.2) is 60.7 Å². The fourth-order valence-electron chi connectivity index (χ4n) is 2.12. The fourth-order valence-corrected chi connectivity index (χ4v) is 3.66. The molecule has 1 atom stereocenters. The van der Waals surface area contributed by atoms with Crippen LogP contribution in [0, 0.1) is 0 Å². The zero-order valence-electron chi connectivity index (χ0n) is 11.4. The Morgan fingerprint density at radius 2 is 1.52 bits per heavy atom. The van der Waals surface area contributed by atoms with E-state index in [-0.39, 0.29) is 17.4 Å². The Hall–Kier alpha value is -1.82. The maximum absolute atomic E-state index is 12.6. The molecule has 21 heavy (non-hydrogen) atoms. The number of hydrogen-bond acceptors (Lipinski definition) is 3. The molecule has 0 saturated heterocycles. The molecule has 2 N–H and O–H groups in total. The first-order chi connectivity index (χ1) is 10.2. The Labute approximate surface area is 127 Å². The molecule has 2 aromatic rings. The lowest BCUT2D eigenvalue weighted by atomic mass is 10.0. The molecule has 0 bridgehead atoms. The molecule has 110 valence electrons. The quantitative estimate of drug-likeness (QED) is 0.489. The highest BCUT2D eigenvalue weighted by atomic mass is 32.2. The normalized spacial score (nSPS) is 12.1. The minimum Gasteiger partial charge on any atom is -0.616 e. The first kappa shape index (κ1) is 15.6. The van der Waals surface area contributed by atoms with Crippen molar-refractivity contribution < 1.29 is 14.6 Å². The van der Waals surface area contributed by atoms with Gasteiger partial charge >= 0.3 is 0 Å². The SMILES string of the molecule is O=C(CC[S+]([O-])C(c1ccccc1)c1ccccc1)NO. The van der Waals surface area contributed by atoms with Gasteiger partial charge in [-0.15, -0.1) is 0 Å². The molecule has 1 amide bonds. The molecule has 0 aliphatic carbocycles. The number of benzene rings is 2. The third kappa shape index (κ3) is 4.32. The molecule has 5 heteroatoms. The molecule has 0 fully saturated rings. The molecule has 0 spiro atoms. The predicted molar refractivity (Wildman–Crippen MR) is 82.3 cm³/mol. The highest BCUT2D eigenvalue weighted by Gasteiger charge is 2.26. The van der Waals surface area contributed by atoms with Crippen LogP contribution < -0.4 is 5.48 Å². The lowest BCUT2D eigenvalue weighted by Gasteiger charge is -2.22. The third-order valence-corrected chi connectivity index (χ3v) is 4.80. The number of hydrogen-bond donors (Lipinski definition) is 2. The number of hydroxylamine groups is 1. The van der Waals surface area contributed by atoms with Gasteiger partial charge in [-0.2, -0.15) is 0 Å². The van der Waals surface area contributed by atoms with E-state index >= 15 is 0 Å². The van der Waals surface area contributed by atoms with Crippen LogP contribution in [0.25, 0.3) is 0 Å². The van der Waals surface area contributed by atoms with E-state index in [0.717, 1.165) is 11.1 Å². The summed E-state index contributed by atoms with van der Waals surface area (Å²) in [4.78, 5) is 11.1. The van der Waals surface area contributed by atoms with Gasteiger partial charge in [-0.25, -0.2) is 5.48 Å². The van der Waals surface area contributed by atoms with Crippen molar-refractivity contribution in [1.82, 2.24) is 5.48 Å². The standard InChI is InChI=1S/C16H17NO3S/c18-15(17-19)11-12-21(20)16(13-7-3-1-4-8-13)14-9-5-2-6-10-14/h1-10,16,19H,11-12H2,(H,17,18). The Morgan fingerprint density at radius 3 is 1.95 bits per heavy atom. The second kappa shape index (κ2) is 7.83. The average molecular weight is 303 g/mol. The van der Waals surface area contributed by atoms with Crippen LogP contribution in [-0.2, 0) is 16.0 Å². The molecule has 1 unspecified atom stereocenters. The number of nitrogens with one attached hydrogen (secondary N) is 1. The monoisotopic (exact) mass is 303 g/mol. The van der Waals surface area contributed by atoms with Gasteiger partial charge in [-0.05, 0) is 11.2 Å². The molecule has 4 nitrogen and oxygen atoms in total. The van der Waals surface area contributed by atoms with E-state index in [1.54, 1.807) is 5.48 Å². The zero-order chi connectivity index (χ0) is 15.1. The summed E-state index contributed by atoms with van der Waals surface area (Å²) in [6.07, 6.45) is 0.0271. The smallest absolute Gasteiger partial charge is 0.248 e. The second-order valence-electron chi connectivity index (χ2n) is 4.57. The Bertz CT molecular complexity index is 523. The molecular formula is C16H17NO3S. The number of carbonyl (C=O) groups is 1. The largest absolute Gasteiger partial charge is 0.616 e. The molecule has 0 aliphatic rings. The summed E-state index contributed by atoms with van der Waals surface area (Å²) in [5.74, 6) is -0.330. The maximum Gasteiger partial charge on any atom is 0.248 e. The maximum atomic E-state index is 12.6.